The van der Waals surface area contributed by atoms with Crippen molar-refractivity contribution in [1.82, 2.24) is 10.6 Å². The topological polar surface area (TPSA) is 59.6 Å². The molecule has 2 N–H and O–H groups in total. The molecule has 5 nitrogen and oxygen atoms in total. The highest BCUT2D eigenvalue weighted by molar-refractivity contribution is 9.10. The number of ether oxygens (including phenoxy) is 2. The minimum absolute atomic E-state index is 0.0151. The average molecular weight is 413 g/mol. The normalized spacial score (nSPS) is 17.2. The van der Waals surface area contributed by atoms with E-state index in [1.165, 1.54) is 0 Å². The molecule has 0 spiro atoms. The van der Waals surface area contributed by atoms with Crippen LogP contribution in [0.15, 0.2) is 27.9 Å². The Morgan fingerprint density at radius 1 is 1.25 bits per heavy atom. The van der Waals surface area contributed by atoms with Crippen molar-refractivity contribution in [3.63, 3.8) is 0 Å². The number of nitrogens with one attached hydrogen (secondary N) is 2. The van der Waals surface area contributed by atoms with Gasteiger partial charge in [0.2, 0.25) is 0 Å². The largest absolute Gasteiger partial charge is 0.490 e. The molecule has 24 heavy (non-hydrogen) atoms. The number of ketones is 1. The predicted octanol–water partition coefficient (Wildman–Crippen LogP) is 3.63. The molecule has 0 fully saturated rings. The third-order valence-corrected chi connectivity index (χ3v) is 4.53. The van der Waals surface area contributed by atoms with Gasteiger partial charge in [0.1, 0.15) is 0 Å². The molecular weight excluding hydrogens is 392 g/mol. The summed E-state index contributed by atoms with van der Waals surface area (Å²) in [6, 6.07) is 3.41. The van der Waals surface area contributed by atoms with Gasteiger partial charge in [-0.1, -0.05) is 15.9 Å². The van der Waals surface area contributed by atoms with E-state index in [4.69, 9.17) is 21.7 Å². The molecule has 0 aromatic heterocycles. The van der Waals surface area contributed by atoms with Crippen LogP contribution in [-0.4, -0.2) is 24.1 Å². The Balaban J connectivity index is 2.57. The number of Topliss-reactive ketones (excluding diaryl/α,β-unsaturated/α-hetero) is 1. The highest BCUT2D eigenvalue weighted by Crippen LogP contribution is 2.39. The van der Waals surface area contributed by atoms with E-state index in [0.29, 0.717) is 35.4 Å². The third kappa shape index (κ3) is 3.89. The van der Waals surface area contributed by atoms with Gasteiger partial charge in [-0.2, -0.15) is 0 Å². The number of allylic oxidation sites excluding steroid dienone is 1. The minimum atomic E-state index is -0.347. The number of rotatable bonds is 6. The second-order valence-corrected chi connectivity index (χ2v) is 6.58. The van der Waals surface area contributed by atoms with Crippen molar-refractivity contribution in [2.75, 3.05) is 13.2 Å². The van der Waals surface area contributed by atoms with Gasteiger partial charge in [0, 0.05) is 15.7 Å². The van der Waals surface area contributed by atoms with Crippen LogP contribution in [0.4, 0.5) is 0 Å². The zero-order valence-corrected chi connectivity index (χ0v) is 16.6. The summed E-state index contributed by atoms with van der Waals surface area (Å²) in [7, 11) is 0. The minimum Gasteiger partial charge on any atom is -0.490 e. The summed E-state index contributed by atoms with van der Waals surface area (Å²) < 4.78 is 12.2. The first kappa shape index (κ1) is 18.7. The molecule has 130 valence electrons. The van der Waals surface area contributed by atoms with E-state index >= 15 is 0 Å². The number of halogens is 1. The maximum absolute atomic E-state index is 12.1. The van der Waals surface area contributed by atoms with Crippen LogP contribution in [0.1, 0.15) is 39.3 Å². The van der Waals surface area contributed by atoms with Gasteiger partial charge in [-0.25, -0.2) is 0 Å². The number of benzene rings is 1. The van der Waals surface area contributed by atoms with Crippen LogP contribution in [0.2, 0.25) is 0 Å². The number of hydrogen-bond donors (Lipinski definition) is 2. The van der Waals surface area contributed by atoms with Gasteiger partial charge in [0.25, 0.3) is 0 Å². The van der Waals surface area contributed by atoms with Gasteiger partial charge in [-0.15, -0.1) is 0 Å². The van der Waals surface area contributed by atoms with Crippen LogP contribution in [-0.2, 0) is 4.79 Å². The van der Waals surface area contributed by atoms with Gasteiger partial charge in [-0.05, 0) is 57.6 Å². The first-order valence-corrected chi connectivity index (χ1v) is 8.97. The van der Waals surface area contributed by atoms with Crippen molar-refractivity contribution in [2.24, 2.45) is 0 Å². The molecular formula is C17H21BrN2O3S. The molecule has 0 radical (unpaired) electrons. The van der Waals surface area contributed by atoms with E-state index < -0.39 is 0 Å². The first-order chi connectivity index (χ1) is 11.4. The lowest BCUT2D eigenvalue weighted by molar-refractivity contribution is -0.114. The highest BCUT2D eigenvalue weighted by Gasteiger charge is 2.30. The molecule has 2 rings (SSSR count). The number of carbonyl (C=O) groups excluding carboxylic acids is 1. The monoisotopic (exact) mass is 412 g/mol. The highest BCUT2D eigenvalue weighted by atomic mass is 79.9. The molecule has 1 aliphatic heterocycles. The third-order valence-electron chi connectivity index (χ3n) is 3.62. The molecule has 0 saturated carbocycles. The van der Waals surface area contributed by atoms with Crippen LogP contribution in [0.3, 0.4) is 0 Å². The summed E-state index contributed by atoms with van der Waals surface area (Å²) >= 11 is 8.84. The lowest BCUT2D eigenvalue weighted by Gasteiger charge is -2.31. The molecule has 1 atom stereocenters. The van der Waals surface area contributed by atoms with Gasteiger partial charge in [0.05, 0.1) is 19.3 Å². The second kappa shape index (κ2) is 7.98. The van der Waals surface area contributed by atoms with Crippen molar-refractivity contribution >= 4 is 39.0 Å². The van der Waals surface area contributed by atoms with Gasteiger partial charge >= 0.3 is 0 Å². The molecule has 0 bridgehead atoms. The molecule has 1 aromatic carbocycles. The molecule has 1 unspecified atom stereocenters. The maximum atomic E-state index is 12.1. The zero-order chi connectivity index (χ0) is 17.9. The van der Waals surface area contributed by atoms with E-state index in [1.807, 2.05) is 32.9 Å². The smallest absolute Gasteiger partial charge is 0.171 e. The van der Waals surface area contributed by atoms with E-state index in [-0.39, 0.29) is 11.8 Å². The van der Waals surface area contributed by atoms with Crippen LogP contribution < -0.4 is 20.1 Å². The van der Waals surface area contributed by atoms with Gasteiger partial charge in [-0.3, -0.25) is 4.79 Å². The van der Waals surface area contributed by atoms with Crippen LogP contribution in [0.25, 0.3) is 0 Å². The lowest BCUT2D eigenvalue weighted by Crippen LogP contribution is -2.44. The summed E-state index contributed by atoms with van der Waals surface area (Å²) in [4.78, 5) is 12.1. The predicted molar refractivity (Wildman–Crippen MR) is 101 cm³/mol. The second-order valence-electron chi connectivity index (χ2n) is 5.31. The van der Waals surface area contributed by atoms with Crippen molar-refractivity contribution in [1.29, 1.82) is 0 Å². The van der Waals surface area contributed by atoms with E-state index in [2.05, 4.69) is 26.6 Å². The summed E-state index contributed by atoms with van der Waals surface area (Å²) in [5.74, 6) is 1.29. The molecule has 0 aliphatic carbocycles. The van der Waals surface area contributed by atoms with Crippen LogP contribution in [0.5, 0.6) is 11.5 Å². The summed E-state index contributed by atoms with van der Waals surface area (Å²) in [6.45, 7) is 8.30. The fourth-order valence-corrected chi connectivity index (χ4v) is 3.52. The molecule has 1 heterocycles. The van der Waals surface area contributed by atoms with Crippen molar-refractivity contribution in [2.45, 2.75) is 33.7 Å². The fraction of sp³-hybridized carbons (Fsp3) is 0.412. The van der Waals surface area contributed by atoms with E-state index in [1.54, 1.807) is 6.92 Å². The van der Waals surface area contributed by atoms with Crippen molar-refractivity contribution in [3.05, 3.63) is 33.4 Å². The van der Waals surface area contributed by atoms with E-state index in [0.717, 1.165) is 15.7 Å². The molecule has 1 aromatic rings. The SMILES string of the molecule is CCOc1cc(Br)c(C2NC(=S)NC(C)=C2C(C)=O)cc1OCC. The Hall–Kier alpha value is -1.60. The Labute approximate surface area is 155 Å². The quantitative estimate of drug-likeness (QED) is 0.695. The Morgan fingerprint density at radius 3 is 2.38 bits per heavy atom. The Kier molecular flexibility index (Phi) is 6.23. The summed E-state index contributed by atoms with van der Waals surface area (Å²) in [5, 5.41) is 6.67. The zero-order valence-electron chi connectivity index (χ0n) is 14.2. The number of thiocarbonyl (C=S) groups is 1. The van der Waals surface area contributed by atoms with Crippen molar-refractivity contribution < 1.29 is 14.3 Å². The first-order valence-electron chi connectivity index (χ1n) is 7.77. The van der Waals surface area contributed by atoms with Gasteiger partial charge < -0.3 is 20.1 Å². The summed E-state index contributed by atoms with van der Waals surface area (Å²) in [5.41, 5.74) is 2.28. The molecule has 0 saturated heterocycles. The van der Waals surface area contributed by atoms with Crippen LogP contribution >= 0.6 is 28.1 Å². The standard InChI is InChI=1S/C17H21BrN2O3S/c1-5-22-13-7-11(12(18)8-14(13)23-6-2)16-15(10(4)21)9(3)19-17(24)20-16/h7-8,16H,5-6H2,1-4H3,(H2,19,20,24). The number of hydrogen-bond acceptors (Lipinski definition) is 4. The van der Waals surface area contributed by atoms with Gasteiger partial charge in [0.15, 0.2) is 22.4 Å². The molecule has 1 aliphatic rings. The van der Waals surface area contributed by atoms with Crippen molar-refractivity contribution in [3.8, 4) is 11.5 Å². The Bertz CT molecular complexity index is 703. The Morgan fingerprint density at radius 2 is 1.83 bits per heavy atom. The average Bonchev–Trinajstić information content (AvgIpc) is 2.49. The molecule has 0 amide bonds. The molecule has 7 heteroatoms. The fourth-order valence-electron chi connectivity index (χ4n) is 2.70. The van der Waals surface area contributed by atoms with Crippen LogP contribution in [0, 0.1) is 0 Å². The maximum Gasteiger partial charge on any atom is 0.171 e. The number of carbonyl (C=O) groups is 1. The lowest BCUT2D eigenvalue weighted by atomic mass is 9.93. The van der Waals surface area contributed by atoms with E-state index in [9.17, 15) is 4.79 Å². The summed E-state index contributed by atoms with van der Waals surface area (Å²) in [6.07, 6.45) is 0.